The van der Waals surface area contributed by atoms with E-state index in [1.54, 1.807) is 16.8 Å². The Morgan fingerprint density at radius 1 is 1.15 bits per heavy atom. The molecule has 2 N–H and O–H groups in total. The first kappa shape index (κ1) is 18.1. The minimum atomic E-state index is -0.431. The van der Waals surface area contributed by atoms with E-state index in [2.05, 4.69) is 0 Å². The van der Waals surface area contributed by atoms with Gasteiger partial charge in [0.25, 0.3) is 0 Å². The monoisotopic (exact) mass is 351 g/mol. The summed E-state index contributed by atoms with van der Waals surface area (Å²) in [6, 6.07) is 18.4. The predicted octanol–water partition coefficient (Wildman–Crippen LogP) is 2.73. The Kier molecular flexibility index (Phi) is 5.68. The van der Waals surface area contributed by atoms with Gasteiger partial charge in [-0.3, -0.25) is 9.59 Å². The van der Waals surface area contributed by atoms with E-state index in [0.717, 1.165) is 17.7 Å². The summed E-state index contributed by atoms with van der Waals surface area (Å²) < 4.78 is 0. The Morgan fingerprint density at radius 2 is 1.77 bits per heavy atom. The van der Waals surface area contributed by atoms with Crippen molar-refractivity contribution in [1.29, 1.82) is 0 Å². The zero-order valence-electron chi connectivity index (χ0n) is 15.0. The first-order valence-electron chi connectivity index (χ1n) is 9.00. The number of piperidine rings is 1. The smallest absolute Gasteiger partial charge is 0.249 e. The van der Waals surface area contributed by atoms with Crippen molar-refractivity contribution in [2.24, 2.45) is 5.73 Å². The summed E-state index contributed by atoms with van der Waals surface area (Å²) in [5, 5.41) is 0. The maximum absolute atomic E-state index is 12.9. The molecule has 0 bridgehead atoms. The van der Waals surface area contributed by atoms with Crippen LogP contribution in [0.25, 0.3) is 0 Å². The lowest BCUT2D eigenvalue weighted by Crippen LogP contribution is -2.53. The lowest BCUT2D eigenvalue weighted by Gasteiger charge is -2.37. The van der Waals surface area contributed by atoms with Gasteiger partial charge in [0.15, 0.2) is 0 Å². The van der Waals surface area contributed by atoms with Gasteiger partial charge in [0.2, 0.25) is 11.8 Å². The molecule has 1 saturated heterocycles. The number of amides is 2. The maximum atomic E-state index is 12.9. The Balaban J connectivity index is 1.67. The minimum absolute atomic E-state index is 0.0217. The Morgan fingerprint density at radius 3 is 2.42 bits per heavy atom. The normalized spacial score (nSPS) is 18.5. The second-order valence-electron chi connectivity index (χ2n) is 6.71. The zero-order valence-corrected chi connectivity index (χ0v) is 15.0. The predicted molar refractivity (Wildman–Crippen MR) is 103 cm³/mol. The zero-order chi connectivity index (χ0) is 18.5. The van der Waals surface area contributed by atoms with Crippen LogP contribution in [-0.2, 0) is 9.59 Å². The highest BCUT2D eigenvalue weighted by Crippen LogP contribution is 2.24. The molecule has 1 fully saturated rings. The maximum Gasteiger partial charge on any atom is 0.249 e. The number of hydrogen-bond donors (Lipinski definition) is 1. The van der Waals surface area contributed by atoms with Crippen LogP contribution < -0.4 is 10.6 Å². The van der Waals surface area contributed by atoms with E-state index in [1.165, 1.54) is 0 Å². The van der Waals surface area contributed by atoms with Crippen LogP contribution in [-0.4, -0.2) is 36.3 Å². The topological polar surface area (TPSA) is 66.6 Å². The molecule has 1 aliphatic rings. The van der Waals surface area contributed by atoms with Gasteiger partial charge in [-0.1, -0.05) is 48.5 Å². The molecule has 2 atom stereocenters. The molecule has 26 heavy (non-hydrogen) atoms. The fraction of sp³-hybridized carbons (Fsp3) is 0.333. The lowest BCUT2D eigenvalue weighted by atomic mass is 10.00. The third-order valence-electron chi connectivity index (χ3n) is 4.96. The summed E-state index contributed by atoms with van der Waals surface area (Å²) in [7, 11) is 1.71. The van der Waals surface area contributed by atoms with Crippen LogP contribution >= 0.6 is 0 Å². The average Bonchev–Trinajstić information content (AvgIpc) is 2.69. The largest absolute Gasteiger partial charge is 0.334 e. The van der Waals surface area contributed by atoms with Crippen LogP contribution in [0, 0.1) is 0 Å². The number of hydrogen-bond acceptors (Lipinski definition) is 3. The minimum Gasteiger partial charge on any atom is -0.334 e. The molecule has 2 aromatic rings. The summed E-state index contributed by atoms with van der Waals surface area (Å²) in [5.74, 6) is -0.124. The molecule has 0 spiro atoms. The van der Waals surface area contributed by atoms with Gasteiger partial charge >= 0.3 is 0 Å². The summed E-state index contributed by atoms with van der Waals surface area (Å²) in [6.45, 7) is 0.685. The van der Waals surface area contributed by atoms with E-state index in [0.29, 0.717) is 13.0 Å². The Labute approximate surface area is 154 Å². The number of nitrogens with two attached hydrogens (primary N) is 1. The number of likely N-dealkylation sites (N-methyl/N-ethyl adjacent to an activating group) is 1. The molecule has 2 aromatic carbocycles. The Hall–Kier alpha value is -2.66. The van der Waals surface area contributed by atoms with Crippen LogP contribution in [0.1, 0.15) is 30.9 Å². The molecule has 2 amide bonds. The highest BCUT2D eigenvalue weighted by Gasteiger charge is 2.34. The number of nitrogens with zero attached hydrogens (tertiary/aromatic N) is 2. The first-order valence-corrected chi connectivity index (χ1v) is 9.00. The van der Waals surface area contributed by atoms with Crippen molar-refractivity contribution in [2.45, 2.75) is 31.3 Å². The molecule has 2 unspecified atom stereocenters. The highest BCUT2D eigenvalue weighted by molar-refractivity contribution is 5.99. The summed E-state index contributed by atoms with van der Waals surface area (Å²) >= 11 is 0. The Bertz CT molecular complexity index is 748. The molecule has 0 aromatic heterocycles. The molecule has 5 heteroatoms. The van der Waals surface area contributed by atoms with Gasteiger partial charge in [-0.25, -0.2) is 0 Å². The van der Waals surface area contributed by atoms with Crippen molar-refractivity contribution >= 4 is 17.5 Å². The van der Waals surface area contributed by atoms with E-state index in [-0.39, 0.29) is 24.3 Å². The van der Waals surface area contributed by atoms with Gasteiger partial charge in [-0.2, -0.15) is 0 Å². The molecule has 5 nitrogen and oxygen atoms in total. The molecular formula is C21H25N3O2. The number of carbonyl (C=O) groups excluding carboxylic acids is 2. The van der Waals surface area contributed by atoms with Gasteiger partial charge < -0.3 is 15.5 Å². The van der Waals surface area contributed by atoms with Crippen LogP contribution in [0.15, 0.2) is 60.7 Å². The molecule has 1 heterocycles. The van der Waals surface area contributed by atoms with Crippen LogP contribution in [0.4, 0.5) is 5.69 Å². The van der Waals surface area contributed by atoms with Crippen LogP contribution in [0.5, 0.6) is 0 Å². The standard InChI is InChI=1S/C21H25N3O2/c1-23(20(25)15-18(22)16-9-4-2-5-10-16)19-13-8-14-24(21(19)26)17-11-6-3-7-12-17/h2-7,9-12,18-19H,8,13-15,22H2,1H3. The third kappa shape index (κ3) is 3.94. The molecular weight excluding hydrogens is 326 g/mol. The van der Waals surface area contributed by atoms with E-state index >= 15 is 0 Å². The third-order valence-corrected chi connectivity index (χ3v) is 4.96. The SMILES string of the molecule is CN(C(=O)CC(N)c1ccccc1)C1CCCN(c2ccccc2)C1=O. The van der Waals surface area contributed by atoms with Crippen molar-refractivity contribution in [1.82, 2.24) is 4.90 Å². The fourth-order valence-electron chi connectivity index (χ4n) is 3.40. The average molecular weight is 351 g/mol. The number of benzene rings is 2. The summed E-state index contributed by atoms with van der Waals surface area (Å²) in [4.78, 5) is 29.0. The van der Waals surface area contributed by atoms with Gasteiger partial charge in [0.1, 0.15) is 6.04 Å². The van der Waals surface area contributed by atoms with E-state index < -0.39 is 6.04 Å². The van der Waals surface area contributed by atoms with Gasteiger partial charge in [-0.05, 0) is 30.5 Å². The lowest BCUT2D eigenvalue weighted by molar-refractivity contribution is -0.139. The molecule has 0 aliphatic carbocycles. The number of rotatable bonds is 5. The van der Waals surface area contributed by atoms with Crippen molar-refractivity contribution in [3.8, 4) is 0 Å². The molecule has 1 aliphatic heterocycles. The number of para-hydroxylation sites is 1. The van der Waals surface area contributed by atoms with Crippen LogP contribution in [0.3, 0.4) is 0 Å². The fourth-order valence-corrected chi connectivity index (χ4v) is 3.40. The molecule has 0 saturated carbocycles. The van der Waals surface area contributed by atoms with E-state index in [1.807, 2.05) is 60.7 Å². The highest BCUT2D eigenvalue weighted by atomic mass is 16.2. The number of carbonyl (C=O) groups is 2. The molecule has 3 rings (SSSR count). The summed E-state index contributed by atoms with van der Waals surface area (Å²) in [6.07, 6.45) is 1.74. The van der Waals surface area contributed by atoms with Crippen LogP contribution in [0.2, 0.25) is 0 Å². The van der Waals surface area contributed by atoms with Crippen molar-refractivity contribution < 1.29 is 9.59 Å². The van der Waals surface area contributed by atoms with Gasteiger partial charge in [0.05, 0.1) is 0 Å². The van der Waals surface area contributed by atoms with Crippen molar-refractivity contribution in [2.75, 3.05) is 18.5 Å². The second-order valence-corrected chi connectivity index (χ2v) is 6.71. The van der Waals surface area contributed by atoms with E-state index in [9.17, 15) is 9.59 Å². The van der Waals surface area contributed by atoms with Gasteiger partial charge in [0, 0.05) is 31.7 Å². The summed E-state index contributed by atoms with van der Waals surface area (Å²) in [5.41, 5.74) is 7.98. The molecule has 0 radical (unpaired) electrons. The number of anilines is 1. The van der Waals surface area contributed by atoms with E-state index in [4.69, 9.17) is 5.73 Å². The van der Waals surface area contributed by atoms with Gasteiger partial charge in [-0.15, -0.1) is 0 Å². The van der Waals surface area contributed by atoms with Crippen molar-refractivity contribution in [3.63, 3.8) is 0 Å². The first-order chi connectivity index (χ1) is 12.6. The quantitative estimate of drug-likeness (QED) is 0.901. The molecule has 136 valence electrons. The van der Waals surface area contributed by atoms with Crippen molar-refractivity contribution in [3.05, 3.63) is 66.2 Å². The second kappa shape index (κ2) is 8.15.